The standard InChI is InChI=1S/C27H16Br3N5O2S/c1-14-6-7-35-22(24(33-23(35)8-14)15-2-4-17(28)5-3-15)12-31-34-27-32-21(13-38-27)19-10-16-9-18(29)11-20(30)25(16)37-26(19)36/h2-13H,1H3,(H,32,34)/b31-12+. The lowest BCUT2D eigenvalue weighted by molar-refractivity contribution is 0.561. The van der Waals surface area contributed by atoms with Gasteiger partial charge in [-0.15, -0.1) is 11.3 Å². The molecule has 0 unspecified atom stereocenters. The summed E-state index contributed by atoms with van der Waals surface area (Å²) in [6, 6.07) is 17.6. The SMILES string of the molecule is Cc1ccn2c(/C=N/Nc3nc(-c4cc5cc(Br)cc(Br)c5oc4=O)cs3)c(-c3ccc(Br)cc3)nc2c1. The number of fused-ring (bicyclic) bond motifs is 2. The molecule has 6 aromatic rings. The number of nitrogens with one attached hydrogen (secondary N) is 1. The molecule has 0 atom stereocenters. The van der Waals surface area contributed by atoms with E-state index in [0.29, 0.717) is 26.4 Å². The fourth-order valence-electron chi connectivity index (χ4n) is 4.04. The number of aryl methyl sites for hydroxylation is 1. The zero-order valence-corrected chi connectivity index (χ0v) is 25.2. The van der Waals surface area contributed by atoms with Crippen molar-refractivity contribution in [3.05, 3.63) is 101 Å². The molecule has 11 heteroatoms. The van der Waals surface area contributed by atoms with E-state index in [1.54, 1.807) is 17.7 Å². The van der Waals surface area contributed by atoms with Crippen LogP contribution in [0.2, 0.25) is 0 Å². The minimum atomic E-state index is -0.457. The number of hydrazone groups is 1. The summed E-state index contributed by atoms with van der Waals surface area (Å²) in [7, 11) is 0. The number of hydrogen-bond donors (Lipinski definition) is 1. The molecule has 4 aromatic heterocycles. The molecule has 1 N–H and O–H groups in total. The van der Waals surface area contributed by atoms with E-state index in [4.69, 9.17) is 9.40 Å². The number of pyridine rings is 1. The molecule has 0 saturated heterocycles. The van der Waals surface area contributed by atoms with Gasteiger partial charge in [-0.3, -0.25) is 9.83 Å². The van der Waals surface area contributed by atoms with Crippen LogP contribution in [0.4, 0.5) is 5.13 Å². The van der Waals surface area contributed by atoms with Gasteiger partial charge >= 0.3 is 5.63 Å². The van der Waals surface area contributed by atoms with Crippen LogP contribution in [0.25, 0.3) is 39.1 Å². The van der Waals surface area contributed by atoms with Gasteiger partial charge in [-0.05, 0) is 70.9 Å². The summed E-state index contributed by atoms with van der Waals surface area (Å²) in [5, 5.41) is 7.58. The summed E-state index contributed by atoms with van der Waals surface area (Å²) in [6.45, 7) is 2.04. The predicted molar refractivity (Wildman–Crippen MR) is 163 cm³/mol. The summed E-state index contributed by atoms with van der Waals surface area (Å²) in [5.41, 5.74) is 8.51. The zero-order chi connectivity index (χ0) is 26.4. The molecule has 0 aliphatic rings. The van der Waals surface area contributed by atoms with Gasteiger partial charge < -0.3 is 4.42 Å². The molecule has 0 aliphatic heterocycles. The molecule has 38 heavy (non-hydrogen) atoms. The summed E-state index contributed by atoms with van der Waals surface area (Å²) < 4.78 is 10.1. The smallest absolute Gasteiger partial charge is 0.345 e. The van der Waals surface area contributed by atoms with E-state index in [1.807, 2.05) is 66.1 Å². The quantitative estimate of drug-likeness (QED) is 0.111. The number of imidazole rings is 1. The van der Waals surface area contributed by atoms with Gasteiger partial charge in [0, 0.05) is 31.5 Å². The third-order valence-corrected chi connectivity index (χ3v) is 8.14. The van der Waals surface area contributed by atoms with Crippen LogP contribution in [0.1, 0.15) is 11.3 Å². The first kappa shape index (κ1) is 25.2. The molecule has 0 fully saturated rings. The minimum absolute atomic E-state index is 0.380. The molecule has 188 valence electrons. The fourth-order valence-corrected chi connectivity index (χ4v) is 6.31. The molecule has 0 saturated carbocycles. The largest absolute Gasteiger partial charge is 0.421 e. The van der Waals surface area contributed by atoms with Crippen molar-refractivity contribution in [2.75, 3.05) is 5.43 Å². The first-order valence-corrected chi connectivity index (χ1v) is 14.5. The van der Waals surface area contributed by atoms with E-state index in [1.165, 1.54) is 11.3 Å². The number of halogens is 3. The zero-order valence-electron chi connectivity index (χ0n) is 19.6. The lowest BCUT2D eigenvalue weighted by Gasteiger charge is -2.03. The molecule has 6 rings (SSSR count). The first-order chi connectivity index (χ1) is 18.4. The highest BCUT2D eigenvalue weighted by atomic mass is 79.9. The number of hydrogen-bond acceptors (Lipinski definition) is 7. The second-order valence-corrected chi connectivity index (χ2v) is 12.0. The van der Waals surface area contributed by atoms with Crippen molar-refractivity contribution in [1.29, 1.82) is 0 Å². The maximum absolute atomic E-state index is 12.7. The van der Waals surface area contributed by atoms with E-state index >= 15 is 0 Å². The third-order valence-electron chi connectivity index (χ3n) is 5.82. The Labute approximate surface area is 245 Å². The number of nitrogens with zero attached hydrogens (tertiary/aromatic N) is 4. The molecule has 2 aromatic carbocycles. The van der Waals surface area contributed by atoms with Crippen molar-refractivity contribution in [2.45, 2.75) is 6.92 Å². The van der Waals surface area contributed by atoms with Crippen molar-refractivity contribution < 1.29 is 4.42 Å². The summed E-state index contributed by atoms with van der Waals surface area (Å²) in [4.78, 5) is 22.1. The van der Waals surface area contributed by atoms with Crippen molar-refractivity contribution >= 4 is 87.1 Å². The first-order valence-electron chi connectivity index (χ1n) is 11.3. The second-order valence-electron chi connectivity index (χ2n) is 8.45. The molecule has 7 nitrogen and oxygen atoms in total. The van der Waals surface area contributed by atoms with Gasteiger partial charge in [0.15, 0.2) is 5.58 Å². The second kappa shape index (κ2) is 10.2. The van der Waals surface area contributed by atoms with Crippen LogP contribution in [-0.2, 0) is 0 Å². The summed E-state index contributed by atoms with van der Waals surface area (Å²) in [5.74, 6) is 0. The normalized spacial score (nSPS) is 11.7. The molecular formula is C27H16Br3N5O2S. The Kier molecular flexibility index (Phi) is 6.77. The monoisotopic (exact) mass is 711 g/mol. The van der Waals surface area contributed by atoms with Crippen molar-refractivity contribution in [3.63, 3.8) is 0 Å². The molecule has 0 radical (unpaired) electrons. The molecule has 0 amide bonds. The lowest BCUT2D eigenvalue weighted by Crippen LogP contribution is -2.03. The van der Waals surface area contributed by atoms with Crippen LogP contribution >= 0.6 is 59.1 Å². The Morgan fingerprint density at radius 3 is 2.66 bits per heavy atom. The Bertz CT molecular complexity index is 1930. The summed E-state index contributed by atoms with van der Waals surface area (Å²) >= 11 is 11.8. The van der Waals surface area contributed by atoms with Crippen LogP contribution in [0.15, 0.2) is 93.9 Å². The van der Waals surface area contributed by atoms with Crippen molar-refractivity contribution in [3.8, 4) is 22.5 Å². The van der Waals surface area contributed by atoms with Crippen molar-refractivity contribution in [1.82, 2.24) is 14.4 Å². The number of rotatable bonds is 5. The van der Waals surface area contributed by atoms with Gasteiger partial charge in [-0.2, -0.15) is 5.10 Å². The Morgan fingerprint density at radius 1 is 1.03 bits per heavy atom. The minimum Gasteiger partial charge on any atom is -0.421 e. The molecule has 4 heterocycles. The summed E-state index contributed by atoms with van der Waals surface area (Å²) in [6.07, 6.45) is 3.71. The Hall–Kier alpha value is -3.12. The third kappa shape index (κ3) is 4.86. The number of benzene rings is 2. The van der Waals surface area contributed by atoms with Gasteiger partial charge in [-0.25, -0.2) is 14.8 Å². The van der Waals surface area contributed by atoms with Crippen LogP contribution in [0.3, 0.4) is 0 Å². The van der Waals surface area contributed by atoms with Gasteiger partial charge in [0.2, 0.25) is 5.13 Å². The van der Waals surface area contributed by atoms with E-state index in [9.17, 15) is 4.79 Å². The van der Waals surface area contributed by atoms with E-state index in [0.717, 1.165) is 42.5 Å². The van der Waals surface area contributed by atoms with E-state index in [-0.39, 0.29) is 0 Å². The molecular weight excluding hydrogens is 698 g/mol. The van der Waals surface area contributed by atoms with Crippen LogP contribution in [0.5, 0.6) is 0 Å². The average Bonchev–Trinajstić information content (AvgIpc) is 3.49. The molecule has 0 spiro atoms. The topological polar surface area (TPSA) is 84.8 Å². The molecule has 0 bridgehead atoms. The average molecular weight is 714 g/mol. The Balaban J connectivity index is 1.32. The van der Waals surface area contributed by atoms with E-state index < -0.39 is 5.63 Å². The molecule has 0 aliphatic carbocycles. The van der Waals surface area contributed by atoms with Crippen LogP contribution in [-0.4, -0.2) is 20.6 Å². The highest BCUT2D eigenvalue weighted by Gasteiger charge is 2.15. The lowest BCUT2D eigenvalue weighted by atomic mass is 10.1. The van der Waals surface area contributed by atoms with Gasteiger partial charge in [0.05, 0.1) is 33.3 Å². The predicted octanol–water partition coefficient (Wildman–Crippen LogP) is 8.27. The van der Waals surface area contributed by atoms with Crippen LogP contribution < -0.4 is 11.1 Å². The van der Waals surface area contributed by atoms with Gasteiger partial charge in [0.25, 0.3) is 0 Å². The number of aromatic nitrogens is 3. The van der Waals surface area contributed by atoms with Gasteiger partial charge in [-0.1, -0.05) is 44.0 Å². The maximum atomic E-state index is 12.7. The highest BCUT2D eigenvalue weighted by molar-refractivity contribution is 9.11. The number of thiazole rings is 1. The highest BCUT2D eigenvalue weighted by Crippen LogP contribution is 2.31. The van der Waals surface area contributed by atoms with E-state index in [2.05, 4.69) is 63.3 Å². The number of anilines is 1. The van der Waals surface area contributed by atoms with Crippen LogP contribution in [0, 0.1) is 6.92 Å². The fraction of sp³-hybridized carbons (Fsp3) is 0.0370. The van der Waals surface area contributed by atoms with Gasteiger partial charge in [0.1, 0.15) is 5.65 Å². The van der Waals surface area contributed by atoms with Crippen molar-refractivity contribution in [2.24, 2.45) is 5.10 Å². The maximum Gasteiger partial charge on any atom is 0.345 e. The Morgan fingerprint density at radius 2 is 1.84 bits per heavy atom.